The van der Waals surface area contributed by atoms with Crippen LogP contribution in [0.25, 0.3) is 11.2 Å². The summed E-state index contributed by atoms with van der Waals surface area (Å²) in [6, 6.07) is 0. The van der Waals surface area contributed by atoms with Gasteiger partial charge in [-0.1, -0.05) is 6.92 Å². The fraction of sp³-hybridized carbons (Fsp3) is 0.643. The normalized spacial score (nSPS) is 22.8. The summed E-state index contributed by atoms with van der Waals surface area (Å²) in [6.45, 7) is 5.24. The molecule has 1 aliphatic heterocycles. The monoisotopic (exact) mass is 292 g/mol. The Hall–Kier alpha value is -1.89. The molecule has 2 aromatic rings. The van der Waals surface area contributed by atoms with E-state index in [0.717, 1.165) is 30.2 Å². The Morgan fingerprint density at radius 1 is 1.33 bits per heavy atom. The maximum Gasteiger partial charge on any atom is 0.332 e. The van der Waals surface area contributed by atoms with E-state index in [2.05, 4.69) is 11.9 Å². The third-order valence-electron chi connectivity index (χ3n) is 4.48. The molecule has 1 unspecified atom stereocenters. The van der Waals surface area contributed by atoms with Gasteiger partial charge in [0, 0.05) is 20.0 Å². The molecule has 0 aromatic carbocycles. The summed E-state index contributed by atoms with van der Waals surface area (Å²) in [7, 11) is 3.16. The van der Waals surface area contributed by atoms with Gasteiger partial charge in [0.1, 0.15) is 6.33 Å². The molecule has 7 nitrogen and oxygen atoms in total. The SMILES string of the molecule is C[C@H]1CCC[NH+](Cn2cnc3c2c(=O)n(C)c(=O)n3C)C1. The summed E-state index contributed by atoms with van der Waals surface area (Å²) >= 11 is 0. The van der Waals surface area contributed by atoms with Gasteiger partial charge in [0.25, 0.3) is 5.56 Å². The average molecular weight is 292 g/mol. The average Bonchev–Trinajstić information content (AvgIpc) is 2.87. The van der Waals surface area contributed by atoms with Gasteiger partial charge >= 0.3 is 5.69 Å². The number of aryl methyl sites for hydroxylation is 1. The van der Waals surface area contributed by atoms with Gasteiger partial charge in [-0.3, -0.25) is 18.5 Å². The lowest BCUT2D eigenvalue weighted by Crippen LogP contribution is -3.12. The number of nitrogens with zero attached hydrogens (tertiary/aromatic N) is 4. The Morgan fingerprint density at radius 2 is 2.10 bits per heavy atom. The molecule has 0 amide bonds. The van der Waals surface area contributed by atoms with Crippen molar-refractivity contribution in [1.82, 2.24) is 18.7 Å². The predicted octanol–water partition coefficient (Wildman–Crippen LogP) is -1.29. The van der Waals surface area contributed by atoms with Crippen LogP contribution in [0.5, 0.6) is 0 Å². The molecule has 1 aliphatic rings. The number of likely N-dealkylation sites (tertiary alicyclic amines) is 1. The molecule has 21 heavy (non-hydrogen) atoms. The standard InChI is InChI=1S/C14H21N5O2/c1-10-5-4-6-18(7-10)9-19-8-15-12-11(19)13(20)17(3)14(21)16(12)2/h8,10H,4-7,9H2,1-3H3/p+1/t10-/m0/s1. The summed E-state index contributed by atoms with van der Waals surface area (Å²) in [5.74, 6) is 0.718. The van der Waals surface area contributed by atoms with Crippen LogP contribution in [0, 0.1) is 5.92 Å². The zero-order valence-corrected chi connectivity index (χ0v) is 12.8. The van der Waals surface area contributed by atoms with Crippen molar-refractivity contribution in [3.05, 3.63) is 27.2 Å². The predicted molar refractivity (Wildman–Crippen MR) is 79.3 cm³/mol. The van der Waals surface area contributed by atoms with Crippen molar-refractivity contribution in [2.45, 2.75) is 26.4 Å². The van der Waals surface area contributed by atoms with Gasteiger partial charge in [-0.15, -0.1) is 0 Å². The van der Waals surface area contributed by atoms with Crippen molar-refractivity contribution < 1.29 is 4.90 Å². The molecule has 2 atom stereocenters. The minimum absolute atomic E-state index is 0.268. The summed E-state index contributed by atoms with van der Waals surface area (Å²) in [5, 5.41) is 0. The van der Waals surface area contributed by atoms with Crippen LogP contribution in [0.1, 0.15) is 19.8 Å². The molecule has 2 aromatic heterocycles. The van der Waals surface area contributed by atoms with Crippen LogP contribution in [0.3, 0.4) is 0 Å². The highest BCUT2D eigenvalue weighted by Gasteiger charge is 2.22. The molecular weight excluding hydrogens is 270 g/mol. The van der Waals surface area contributed by atoms with Crippen LogP contribution in [-0.4, -0.2) is 31.8 Å². The maximum absolute atomic E-state index is 12.4. The second-order valence-corrected chi connectivity index (χ2v) is 6.20. The summed E-state index contributed by atoms with van der Waals surface area (Å²) < 4.78 is 4.47. The molecule has 0 spiro atoms. The summed E-state index contributed by atoms with van der Waals surface area (Å²) in [4.78, 5) is 30.0. The Bertz CT molecular complexity index is 785. The maximum atomic E-state index is 12.4. The molecule has 0 aliphatic carbocycles. The lowest BCUT2D eigenvalue weighted by atomic mass is 10.0. The van der Waals surface area contributed by atoms with E-state index in [-0.39, 0.29) is 11.2 Å². The first-order valence-corrected chi connectivity index (χ1v) is 7.43. The lowest BCUT2D eigenvalue weighted by Gasteiger charge is -2.28. The second-order valence-electron chi connectivity index (χ2n) is 6.20. The smallest absolute Gasteiger partial charge is 0.317 e. The van der Waals surface area contributed by atoms with E-state index in [9.17, 15) is 9.59 Å². The van der Waals surface area contributed by atoms with Crippen LogP contribution in [-0.2, 0) is 20.8 Å². The van der Waals surface area contributed by atoms with Crippen LogP contribution < -0.4 is 16.1 Å². The number of imidazole rings is 1. The van der Waals surface area contributed by atoms with Crippen molar-refractivity contribution in [3.8, 4) is 0 Å². The first-order valence-electron chi connectivity index (χ1n) is 7.43. The van der Waals surface area contributed by atoms with Crippen molar-refractivity contribution in [1.29, 1.82) is 0 Å². The summed E-state index contributed by atoms with van der Waals surface area (Å²) in [6.07, 6.45) is 4.18. The number of hydrogen-bond donors (Lipinski definition) is 1. The second kappa shape index (κ2) is 5.14. The Kier molecular flexibility index (Phi) is 3.44. The van der Waals surface area contributed by atoms with E-state index >= 15 is 0 Å². The highest BCUT2D eigenvalue weighted by molar-refractivity contribution is 5.69. The highest BCUT2D eigenvalue weighted by atomic mass is 16.2. The third kappa shape index (κ3) is 2.31. The third-order valence-corrected chi connectivity index (χ3v) is 4.48. The zero-order chi connectivity index (χ0) is 15.1. The molecular formula is C14H22N5O2+. The number of hydrogen-bond acceptors (Lipinski definition) is 3. The van der Waals surface area contributed by atoms with E-state index in [1.165, 1.54) is 29.4 Å². The Morgan fingerprint density at radius 3 is 2.81 bits per heavy atom. The number of aromatic nitrogens is 4. The van der Waals surface area contributed by atoms with E-state index in [4.69, 9.17) is 0 Å². The van der Waals surface area contributed by atoms with Gasteiger partial charge in [-0.05, 0) is 12.8 Å². The van der Waals surface area contributed by atoms with Gasteiger partial charge in [0.2, 0.25) is 0 Å². The first-order chi connectivity index (χ1) is 9.99. The first kappa shape index (κ1) is 14.1. The van der Waals surface area contributed by atoms with Gasteiger partial charge in [0.05, 0.1) is 13.1 Å². The largest absolute Gasteiger partial charge is 0.332 e. The molecule has 0 saturated carbocycles. The number of rotatable bonds is 2. The quantitative estimate of drug-likeness (QED) is 0.749. The number of nitrogens with one attached hydrogen (secondary N) is 1. The van der Waals surface area contributed by atoms with Crippen molar-refractivity contribution in [2.75, 3.05) is 13.1 Å². The Labute approximate surface area is 122 Å². The molecule has 114 valence electrons. The van der Waals surface area contributed by atoms with Gasteiger partial charge in [-0.25, -0.2) is 9.78 Å². The molecule has 7 heteroatoms. The Balaban J connectivity index is 2.04. The topological polar surface area (TPSA) is 66.3 Å². The van der Waals surface area contributed by atoms with Gasteiger partial charge in [-0.2, -0.15) is 0 Å². The molecule has 1 fully saturated rings. The van der Waals surface area contributed by atoms with Gasteiger partial charge < -0.3 is 4.90 Å². The van der Waals surface area contributed by atoms with Crippen LogP contribution >= 0.6 is 0 Å². The van der Waals surface area contributed by atoms with Crippen LogP contribution in [0.4, 0.5) is 0 Å². The van der Waals surface area contributed by atoms with Crippen LogP contribution in [0.2, 0.25) is 0 Å². The lowest BCUT2D eigenvalue weighted by molar-refractivity contribution is -0.930. The van der Waals surface area contributed by atoms with Crippen molar-refractivity contribution >= 4 is 11.2 Å². The zero-order valence-electron chi connectivity index (χ0n) is 12.8. The fourth-order valence-electron chi connectivity index (χ4n) is 3.30. The summed E-state index contributed by atoms with van der Waals surface area (Å²) in [5.41, 5.74) is 0.379. The van der Waals surface area contributed by atoms with Crippen molar-refractivity contribution in [2.24, 2.45) is 20.0 Å². The minimum atomic E-state index is -0.336. The van der Waals surface area contributed by atoms with Crippen molar-refractivity contribution in [3.63, 3.8) is 0 Å². The molecule has 1 N–H and O–H groups in total. The highest BCUT2D eigenvalue weighted by Crippen LogP contribution is 2.07. The molecule has 0 bridgehead atoms. The van der Waals surface area contributed by atoms with Crippen LogP contribution in [0.15, 0.2) is 15.9 Å². The minimum Gasteiger partial charge on any atom is -0.317 e. The fourth-order valence-corrected chi connectivity index (χ4v) is 3.30. The van der Waals surface area contributed by atoms with Gasteiger partial charge in [0.15, 0.2) is 17.8 Å². The van der Waals surface area contributed by atoms with E-state index in [1.54, 1.807) is 13.4 Å². The van der Waals surface area contributed by atoms with E-state index < -0.39 is 0 Å². The number of fused-ring (bicyclic) bond motifs is 1. The number of quaternary nitrogens is 1. The number of piperidine rings is 1. The van der Waals surface area contributed by atoms with E-state index in [0.29, 0.717) is 11.2 Å². The molecule has 3 heterocycles. The molecule has 3 rings (SSSR count). The molecule has 1 saturated heterocycles. The van der Waals surface area contributed by atoms with E-state index in [1.807, 2.05) is 4.57 Å². The molecule has 0 radical (unpaired) electrons.